The van der Waals surface area contributed by atoms with Crippen molar-refractivity contribution in [3.05, 3.63) is 0 Å². The highest BCUT2D eigenvalue weighted by Crippen LogP contribution is 2.05. The largest absolute Gasteiger partial charge is 0.480 e. The fourth-order valence-electron chi connectivity index (χ4n) is 1.48. The lowest BCUT2D eigenvalue weighted by atomic mass is 10.1. The van der Waals surface area contributed by atoms with E-state index in [1.165, 1.54) is 0 Å². The fraction of sp³-hybridized carbons (Fsp3) is 0.538. The number of nitrogens with one attached hydrogen (secondary N) is 2. The number of hydrogen-bond acceptors (Lipinski definition) is 8. The fourth-order valence-corrected chi connectivity index (χ4v) is 2.37. The van der Waals surface area contributed by atoms with Gasteiger partial charge in [-0.3, -0.25) is 24.0 Å². The summed E-state index contributed by atoms with van der Waals surface area (Å²) < 4.78 is 0. The monoisotopic (exact) mass is 393 g/mol. The molecular weight excluding hydrogens is 374 g/mol. The van der Waals surface area contributed by atoms with Crippen LogP contribution in [0.3, 0.4) is 0 Å². The van der Waals surface area contributed by atoms with Crippen LogP contribution in [-0.2, 0) is 28.8 Å². The van der Waals surface area contributed by atoms with E-state index in [-0.39, 0.29) is 18.6 Å². The molecule has 12 nitrogen and oxygen atoms in total. The Morgan fingerprint density at radius 3 is 2.15 bits per heavy atom. The Hall–Kier alpha value is -2.67. The van der Waals surface area contributed by atoms with Gasteiger partial charge in [0.05, 0.1) is 5.75 Å². The summed E-state index contributed by atoms with van der Waals surface area (Å²) in [6.45, 7) is -0.701. The van der Waals surface area contributed by atoms with Gasteiger partial charge in [-0.15, -0.1) is 0 Å². The van der Waals surface area contributed by atoms with Gasteiger partial charge in [0.25, 0.3) is 0 Å². The zero-order valence-corrected chi connectivity index (χ0v) is 14.3. The summed E-state index contributed by atoms with van der Waals surface area (Å²) in [4.78, 5) is 66.2. The van der Waals surface area contributed by atoms with E-state index in [9.17, 15) is 28.8 Å². The van der Waals surface area contributed by atoms with Crippen molar-refractivity contribution in [3.63, 3.8) is 0 Å². The van der Waals surface area contributed by atoms with E-state index in [1.54, 1.807) is 0 Å². The van der Waals surface area contributed by atoms with Crippen LogP contribution in [0.25, 0.3) is 0 Å². The van der Waals surface area contributed by atoms with Crippen LogP contribution in [0.1, 0.15) is 12.8 Å². The van der Waals surface area contributed by atoms with Crippen LogP contribution in [0.2, 0.25) is 0 Å². The molecular formula is C13H19N3O9S. The average molecular weight is 393 g/mol. The highest BCUT2D eigenvalue weighted by atomic mass is 32.2. The minimum atomic E-state index is -1.64. The van der Waals surface area contributed by atoms with E-state index in [2.05, 4.69) is 5.32 Å². The maximum atomic E-state index is 11.9. The lowest BCUT2D eigenvalue weighted by molar-refractivity contribution is -0.147. The van der Waals surface area contributed by atoms with Crippen molar-refractivity contribution in [2.24, 2.45) is 5.73 Å². The van der Waals surface area contributed by atoms with Gasteiger partial charge in [0.15, 0.2) is 0 Å². The maximum absolute atomic E-state index is 11.9. The highest BCUT2D eigenvalue weighted by Gasteiger charge is 2.23. The first-order valence-electron chi connectivity index (χ1n) is 7.15. The summed E-state index contributed by atoms with van der Waals surface area (Å²) in [6.07, 6.45) is -0.482. The molecule has 0 rings (SSSR count). The normalized spacial score (nSPS) is 12.5. The number of carbonyl (C=O) groups excluding carboxylic acids is 3. The maximum Gasteiger partial charge on any atom is 0.373 e. The van der Waals surface area contributed by atoms with E-state index in [0.717, 1.165) is 11.8 Å². The summed E-state index contributed by atoms with van der Waals surface area (Å²) in [5.74, 6) is -7.55. The van der Waals surface area contributed by atoms with Crippen LogP contribution in [0.5, 0.6) is 0 Å². The van der Waals surface area contributed by atoms with Gasteiger partial charge in [-0.25, -0.2) is 4.79 Å². The van der Waals surface area contributed by atoms with E-state index in [0.29, 0.717) is 0 Å². The molecule has 0 aliphatic heterocycles. The molecule has 0 bridgehead atoms. The smallest absolute Gasteiger partial charge is 0.373 e. The van der Waals surface area contributed by atoms with Gasteiger partial charge in [-0.1, -0.05) is 0 Å². The lowest BCUT2D eigenvalue weighted by Crippen LogP contribution is -2.49. The third-order valence-electron chi connectivity index (χ3n) is 2.82. The number of Topliss-reactive ketones (excluding diaryl/α,β-unsaturated/α-hetero) is 1. The molecule has 146 valence electrons. The molecule has 0 heterocycles. The summed E-state index contributed by atoms with van der Waals surface area (Å²) >= 11 is 0.759. The molecule has 26 heavy (non-hydrogen) atoms. The van der Waals surface area contributed by atoms with Crippen molar-refractivity contribution < 1.29 is 44.1 Å². The molecule has 7 N–H and O–H groups in total. The first kappa shape index (κ1) is 23.3. The van der Waals surface area contributed by atoms with Gasteiger partial charge >= 0.3 is 17.9 Å². The summed E-state index contributed by atoms with van der Waals surface area (Å²) in [6, 6.07) is -2.50. The topological polar surface area (TPSA) is 213 Å². The number of thioether (sulfide) groups is 1. The van der Waals surface area contributed by atoms with Gasteiger partial charge in [-0.2, -0.15) is 11.8 Å². The number of rotatable bonds is 13. The van der Waals surface area contributed by atoms with Gasteiger partial charge in [0, 0.05) is 12.2 Å². The number of nitrogens with two attached hydrogens (primary N) is 1. The van der Waals surface area contributed by atoms with Crippen molar-refractivity contribution in [1.82, 2.24) is 10.6 Å². The Morgan fingerprint density at radius 1 is 1.04 bits per heavy atom. The van der Waals surface area contributed by atoms with Gasteiger partial charge in [-0.05, 0) is 6.42 Å². The Morgan fingerprint density at radius 2 is 1.65 bits per heavy atom. The molecule has 0 fully saturated rings. The molecule has 0 aromatic heterocycles. The first-order valence-corrected chi connectivity index (χ1v) is 8.31. The van der Waals surface area contributed by atoms with Crippen LogP contribution in [0.4, 0.5) is 0 Å². The van der Waals surface area contributed by atoms with Gasteiger partial charge in [0.2, 0.25) is 17.6 Å². The molecule has 0 aromatic carbocycles. The summed E-state index contributed by atoms with van der Waals surface area (Å²) in [5.41, 5.74) is 5.26. The SMILES string of the molecule is NC(CCC(=O)NC(CSCC(=O)C(=O)O)C(=O)NCC(=O)O)C(=O)O. The van der Waals surface area contributed by atoms with Crippen molar-refractivity contribution >= 4 is 47.3 Å². The van der Waals surface area contributed by atoms with Crippen LogP contribution in [0.15, 0.2) is 0 Å². The van der Waals surface area contributed by atoms with E-state index in [1.807, 2.05) is 5.32 Å². The minimum Gasteiger partial charge on any atom is -0.480 e. The number of carbonyl (C=O) groups is 6. The van der Waals surface area contributed by atoms with E-state index in [4.69, 9.17) is 21.1 Å². The number of carboxylic acid groups (broad SMARTS) is 3. The van der Waals surface area contributed by atoms with Crippen molar-refractivity contribution in [2.75, 3.05) is 18.1 Å². The predicted octanol–water partition coefficient (Wildman–Crippen LogP) is -2.75. The predicted molar refractivity (Wildman–Crippen MR) is 87.4 cm³/mol. The number of amides is 2. The quantitative estimate of drug-likeness (QED) is 0.176. The molecule has 0 spiro atoms. The van der Waals surface area contributed by atoms with Crippen molar-refractivity contribution in [1.29, 1.82) is 0 Å². The second kappa shape index (κ2) is 11.8. The lowest BCUT2D eigenvalue weighted by Gasteiger charge is -2.18. The Balaban J connectivity index is 4.69. The number of ketones is 1. The zero-order chi connectivity index (χ0) is 20.3. The number of carboxylic acids is 3. The molecule has 2 unspecified atom stereocenters. The number of hydrogen-bond donors (Lipinski definition) is 6. The third kappa shape index (κ3) is 10.2. The standard InChI is InChI=1S/C13H19N3O9S/c14-6(12(22)23)1-2-9(18)16-7(11(21)15-3-10(19)20)4-26-5-8(17)13(24)25/h6-7H,1-5,14H2,(H,15,21)(H,16,18)(H,19,20)(H,22,23)(H,24,25). The van der Waals surface area contributed by atoms with Crippen LogP contribution in [-0.4, -0.2) is 81.0 Å². The molecule has 2 amide bonds. The Bertz CT molecular complexity index is 581. The molecule has 0 aromatic rings. The van der Waals surface area contributed by atoms with E-state index < -0.39 is 59.9 Å². The Kier molecular flexibility index (Phi) is 10.6. The number of aliphatic carboxylic acids is 3. The molecule has 0 radical (unpaired) electrons. The molecule has 0 aliphatic rings. The van der Waals surface area contributed by atoms with Crippen LogP contribution in [0, 0.1) is 0 Å². The zero-order valence-electron chi connectivity index (χ0n) is 13.5. The van der Waals surface area contributed by atoms with Gasteiger partial charge < -0.3 is 31.7 Å². The first-order chi connectivity index (χ1) is 12.0. The van der Waals surface area contributed by atoms with Crippen molar-refractivity contribution in [3.8, 4) is 0 Å². The second-order valence-corrected chi connectivity index (χ2v) is 5.99. The summed E-state index contributed by atoms with van der Waals surface area (Å²) in [7, 11) is 0. The molecule has 2 atom stereocenters. The second-order valence-electron chi connectivity index (χ2n) is 4.96. The molecule has 0 saturated heterocycles. The average Bonchev–Trinajstić information content (AvgIpc) is 2.55. The van der Waals surface area contributed by atoms with Crippen molar-refractivity contribution in [2.45, 2.75) is 24.9 Å². The van der Waals surface area contributed by atoms with Gasteiger partial charge in [0.1, 0.15) is 18.6 Å². The molecule has 13 heteroatoms. The highest BCUT2D eigenvalue weighted by molar-refractivity contribution is 8.00. The van der Waals surface area contributed by atoms with Crippen LogP contribution >= 0.6 is 11.8 Å². The molecule has 0 aliphatic carbocycles. The van der Waals surface area contributed by atoms with Crippen LogP contribution < -0.4 is 16.4 Å². The van der Waals surface area contributed by atoms with E-state index >= 15 is 0 Å². The summed E-state index contributed by atoms with van der Waals surface area (Å²) in [5, 5.41) is 30.0. The third-order valence-corrected chi connectivity index (χ3v) is 3.86. The Labute approximate surface area is 151 Å². The minimum absolute atomic E-state index is 0.185. The molecule has 0 saturated carbocycles.